The SMILES string of the molecule is CCNCc1ccc(N(C)Cc2ccc(C)cc2)cc1Cl. The van der Waals surface area contributed by atoms with Gasteiger partial charge >= 0.3 is 0 Å². The van der Waals surface area contributed by atoms with Gasteiger partial charge in [0.05, 0.1) is 0 Å². The van der Waals surface area contributed by atoms with E-state index in [9.17, 15) is 0 Å². The number of hydrogen-bond donors (Lipinski definition) is 1. The molecule has 0 heterocycles. The topological polar surface area (TPSA) is 15.3 Å². The van der Waals surface area contributed by atoms with E-state index in [0.29, 0.717) is 0 Å². The van der Waals surface area contributed by atoms with Crippen molar-refractivity contribution < 1.29 is 0 Å². The lowest BCUT2D eigenvalue weighted by molar-refractivity contribution is 0.727. The standard InChI is InChI=1S/C18H23ClN2/c1-4-20-12-16-9-10-17(11-18(16)19)21(3)13-15-7-5-14(2)6-8-15/h5-11,20H,4,12-13H2,1-3H3. The molecule has 0 fully saturated rings. The lowest BCUT2D eigenvalue weighted by atomic mass is 10.1. The third-order valence-corrected chi connectivity index (χ3v) is 3.94. The Hall–Kier alpha value is -1.51. The molecule has 0 unspecified atom stereocenters. The number of benzene rings is 2. The molecular weight excluding hydrogens is 280 g/mol. The van der Waals surface area contributed by atoms with E-state index in [4.69, 9.17) is 11.6 Å². The van der Waals surface area contributed by atoms with E-state index in [1.807, 2.05) is 6.07 Å². The van der Waals surface area contributed by atoms with Crippen molar-refractivity contribution in [3.63, 3.8) is 0 Å². The van der Waals surface area contributed by atoms with Crippen molar-refractivity contribution in [2.24, 2.45) is 0 Å². The highest BCUT2D eigenvalue weighted by Gasteiger charge is 2.06. The highest BCUT2D eigenvalue weighted by Crippen LogP contribution is 2.24. The van der Waals surface area contributed by atoms with Gasteiger partial charge in [0.1, 0.15) is 0 Å². The fourth-order valence-corrected chi connectivity index (χ4v) is 2.48. The van der Waals surface area contributed by atoms with Gasteiger partial charge in [-0.3, -0.25) is 0 Å². The average molecular weight is 303 g/mol. The van der Waals surface area contributed by atoms with E-state index in [1.54, 1.807) is 0 Å². The summed E-state index contributed by atoms with van der Waals surface area (Å²) in [5.41, 5.74) is 4.87. The Kier molecular flexibility index (Phi) is 5.66. The van der Waals surface area contributed by atoms with Crippen molar-refractivity contribution in [1.29, 1.82) is 0 Å². The van der Waals surface area contributed by atoms with Crippen molar-refractivity contribution in [1.82, 2.24) is 5.32 Å². The lowest BCUT2D eigenvalue weighted by Gasteiger charge is -2.20. The molecule has 2 nitrogen and oxygen atoms in total. The first-order chi connectivity index (χ1) is 10.1. The van der Waals surface area contributed by atoms with Crippen molar-refractivity contribution >= 4 is 17.3 Å². The maximum absolute atomic E-state index is 6.37. The van der Waals surface area contributed by atoms with E-state index in [2.05, 4.69) is 67.5 Å². The number of aryl methyl sites for hydroxylation is 1. The van der Waals surface area contributed by atoms with Gasteiger partial charge < -0.3 is 10.2 Å². The molecule has 0 aliphatic rings. The molecule has 0 aliphatic carbocycles. The molecule has 3 heteroatoms. The van der Waals surface area contributed by atoms with E-state index >= 15 is 0 Å². The Balaban J connectivity index is 2.06. The minimum atomic E-state index is 0.817. The molecule has 0 radical (unpaired) electrons. The van der Waals surface area contributed by atoms with E-state index < -0.39 is 0 Å². The molecular formula is C18H23ClN2. The second kappa shape index (κ2) is 7.48. The second-order valence-corrected chi connectivity index (χ2v) is 5.80. The number of anilines is 1. The number of hydrogen-bond acceptors (Lipinski definition) is 2. The molecule has 0 aliphatic heterocycles. The van der Waals surface area contributed by atoms with Crippen LogP contribution in [0.4, 0.5) is 5.69 Å². The van der Waals surface area contributed by atoms with Crippen LogP contribution in [0, 0.1) is 6.92 Å². The molecule has 2 rings (SSSR count). The van der Waals surface area contributed by atoms with Crippen LogP contribution in [-0.4, -0.2) is 13.6 Å². The molecule has 0 spiro atoms. The van der Waals surface area contributed by atoms with Gasteiger partial charge in [0.2, 0.25) is 0 Å². The number of halogens is 1. The smallest absolute Gasteiger partial charge is 0.0471 e. The molecule has 0 amide bonds. The average Bonchev–Trinajstić information content (AvgIpc) is 2.48. The van der Waals surface area contributed by atoms with E-state index in [0.717, 1.165) is 35.9 Å². The van der Waals surface area contributed by atoms with Gasteiger partial charge in [-0.05, 0) is 36.7 Å². The summed E-state index contributed by atoms with van der Waals surface area (Å²) >= 11 is 6.37. The fourth-order valence-electron chi connectivity index (χ4n) is 2.24. The van der Waals surface area contributed by atoms with Crippen molar-refractivity contribution in [3.8, 4) is 0 Å². The monoisotopic (exact) mass is 302 g/mol. The van der Waals surface area contributed by atoms with Crippen LogP contribution in [0.5, 0.6) is 0 Å². The Morgan fingerprint density at radius 3 is 2.43 bits per heavy atom. The van der Waals surface area contributed by atoms with Crippen LogP contribution in [0.15, 0.2) is 42.5 Å². The van der Waals surface area contributed by atoms with Crippen LogP contribution in [0.1, 0.15) is 23.6 Å². The highest BCUT2D eigenvalue weighted by atomic mass is 35.5. The normalized spacial score (nSPS) is 10.7. The quantitative estimate of drug-likeness (QED) is 0.851. The van der Waals surface area contributed by atoms with Crippen molar-refractivity contribution in [2.45, 2.75) is 26.9 Å². The number of nitrogens with one attached hydrogen (secondary N) is 1. The van der Waals surface area contributed by atoms with E-state index in [1.165, 1.54) is 11.1 Å². The van der Waals surface area contributed by atoms with Gasteiger partial charge in [-0.25, -0.2) is 0 Å². The fraction of sp³-hybridized carbons (Fsp3) is 0.333. The maximum atomic E-state index is 6.37. The van der Waals surface area contributed by atoms with Gasteiger partial charge in [-0.2, -0.15) is 0 Å². The largest absolute Gasteiger partial charge is 0.370 e. The Morgan fingerprint density at radius 1 is 1.10 bits per heavy atom. The lowest BCUT2D eigenvalue weighted by Crippen LogP contribution is -2.17. The summed E-state index contributed by atoms with van der Waals surface area (Å²) in [4.78, 5) is 2.22. The first-order valence-electron chi connectivity index (χ1n) is 7.36. The van der Waals surface area contributed by atoms with Crippen molar-refractivity contribution in [3.05, 3.63) is 64.2 Å². The summed E-state index contributed by atoms with van der Waals surface area (Å²) in [6.45, 7) is 6.85. The van der Waals surface area contributed by atoms with Crippen LogP contribution < -0.4 is 10.2 Å². The molecule has 21 heavy (non-hydrogen) atoms. The summed E-state index contributed by atoms with van der Waals surface area (Å²) in [6, 6.07) is 14.9. The predicted octanol–water partition coefficient (Wildman–Crippen LogP) is 4.39. The van der Waals surface area contributed by atoms with Crippen LogP contribution in [0.3, 0.4) is 0 Å². The van der Waals surface area contributed by atoms with Crippen LogP contribution in [0.25, 0.3) is 0 Å². The molecule has 112 valence electrons. The summed E-state index contributed by atoms with van der Waals surface area (Å²) in [5.74, 6) is 0. The number of nitrogens with zero attached hydrogens (tertiary/aromatic N) is 1. The summed E-state index contributed by atoms with van der Waals surface area (Å²) < 4.78 is 0. The zero-order valence-corrected chi connectivity index (χ0v) is 13.7. The van der Waals surface area contributed by atoms with Gasteiger partial charge in [0.25, 0.3) is 0 Å². The summed E-state index contributed by atoms with van der Waals surface area (Å²) in [5, 5.41) is 4.12. The molecule has 0 saturated heterocycles. The summed E-state index contributed by atoms with van der Waals surface area (Å²) in [7, 11) is 2.09. The Bertz CT molecular complexity index is 578. The van der Waals surface area contributed by atoms with Gasteiger partial charge in [0, 0.05) is 30.8 Å². The third kappa shape index (κ3) is 4.48. The van der Waals surface area contributed by atoms with Gasteiger partial charge in [-0.1, -0.05) is 54.4 Å². The number of rotatable bonds is 6. The summed E-state index contributed by atoms with van der Waals surface area (Å²) in [6.07, 6.45) is 0. The molecule has 0 saturated carbocycles. The predicted molar refractivity (Wildman–Crippen MR) is 92.1 cm³/mol. The molecule has 2 aromatic carbocycles. The van der Waals surface area contributed by atoms with Crippen LogP contribution >= 0.6 is 11.6 Å². The zero-order chi connectivity index (χ0) is 15.2. The Labute approximate surface area is 132 Å². The third-order valence-electron chi connectivity index (χ3n) is 3.58. The zero-order valence-electron chi connectivity index (χ0n) is 13.0. The minimum Gasteiger partial charge on any atom is -0.370 e. The molecule has 1 N–H and O–H groups in total. The Morgan fingerprint density at radius 2 is 1.81 bits per heavy atom. The molecule has 2 aromatic rings. The maximum Gasteiger partial charge on any atom is 0.0471 e. The van der Waals surface area contributed by atoms with Crippen molar-refractivity contribution in [2.75, 3.05) is 18.5 Å². The minimum absolute atomic E-state index is 0.817. The first-order valence-corrected chi connectivity index (χ1v) is 7.73. The first kappa shape index (κ1) is 15.9. The van der Waals surface area contributed by atoms with Crippen LogP contribution in [0.2, 0.25) is 5.02 Å². The van der Waals surface area contributed by atoms with Gasteiger partial charge in [0.15, 0.2) is 0 Å². The van der Waals surface area contributed by atoms with E-state index in [-0.39, 0.29) is 0 Å². The van der Waals surface area contributed by atoms with Gasteiger partial charge in [-0.15, -0.1) is 0 Å². The molecule has 0 bridgehead atoms. The van der Waals surface area contributed by atoms with Crippen LogP contribution in [-0.2, 0) is 13.1 Å². The second-order valence-electron chi connectivity index (χ2n) is 5.40. The molecule has 0 atom stereocenters. The highest BCUT2D eigenvalue weighted by molar-refractivity contribution is 6.31. The molecule has 0 aromatic heterocycles.